The van der Waals surface area contributed by atoms with E-state index in [1.165, 1.54) is 6.07 Å². The molecule has 156 valence electrons. The molecule has 0 atom stereocenters. The number of fused-ring (bicyclic) bond motifs is 1. The smallest absolute Gasteiger partial charge is 0.416 e. The summed E-state index contributed by atoms with van der Waals surface area (Å²) in [6.45, 7) is 0.928. The minimum Gasteiger partial charge on any atom is -0.497 e. The summed E-state index contributed by atoms with van der Waals surface area (Å²) in [5.74, 6) is 0.657. The van der Waals surface area contributed by atoms with Crippen molar-refractivity contribution in [3.8, 4) is 5.75 Å². The molecule has 0 amide bonds. The molecule has 0 spiro atoms. The Morgan fingerprint density at radius 1 is 1.00 bits per heavy atom. The largest absolute Gasteiger partial charge is 0.497 e. The first-order valence-corrected chi connectivity index (χ1v) is 9.20. The molecule has 1 aromatic heterocycles. The maximum atomic E-state index is 12.9. The van der Waals surface area contributed by atoms with Gasteiger partial charge in [-0.2, -0.15) is 13.2 Å². The van der Waals surface area contributed by atoms with E-state index in [2.05, 4.69) is 4.98 Å². The lowest BCUT2D eigenvalue weighted by atomic mass is 10.2. The molecule has 4 rings (SSSR count). The van der Waals surface area contributed by atoms with Crippen molar-refractivity contribution in [3.63, 3.8) is 0 Å². The number of imidazole rings is 1. The number of rotatable bonds is 5. The summed E-state index contributed by atoms with van der Waals surface area (Å²) in [5, 5.41) is 0. The van der Waals surface area contributed by atoms with Gasteiger partial charge in [0.05, 0.1) is 23.7 Å². The second kappa shape index (κ2) is 7.66. The Morgan fingerprint density at radius 2 is 1.77 bits per heavy atom. The van der Waals surface area contributed by atoms with E-state index in [1.54, 1.807) is 65.6 Å². The molecule has 0 unspecified atom stereocenters. The summed E-state index contributed by atoms with van der Waals surface area (Å²) < 4.78 is 45.6. The molecular formula is C21H19F3N4O2. The zero-order chi connectivity index (χ0) is 21.3. The second-order valence-corrected chi connectivity index (χ2v) is 6.75. The van der Waals surface area contributed by atoms with Gasteiger partial charge in [-0.15, -0.1) is 0 Å². The number of aromatic nitrogens is 2. The fraction of sp³-hybridized carbons (Fsp3) is 0.190. The number of nitrogens with zero attached hydrogens (tertiary/aromatic N) is 3. The standard InChI is InChI=1S/C21H19F3N4O2/c1-30-17-5-6-18-19(14-17)28(20(29)25-18)12-9-26-7-10-27(11-8-26)16-4-2-3-15(13-16)21(22,23)24/h2-8,10-11,13-14H,9,12H2,1H3,(H,25,29). The van der Waals surface area contributed by atoms with Gasteiger partial charge < -0.3 is 19.5 Å². The molecule has 0 saturated heterocycles. The number of anilines is 1. The summed E-state index contributed by atoms with van der Waals surface area (Å²) in [5.41, 5.74) is 0.972. The molecule has 0 fully saturated rings. The maximum absolute atomic E-state index is 12.9. The number of nitrogens with one attached hydrogen (secondary N) is 1. The van der Waals surface area contributed by atoms with Crippen LogP contribution >= 0.6 is 0 Å². The number of hydrogen-bond donors (Lipinski definition) is 1. The number of benzene rings is 2. The topological polar surface area (TPSA) is 53.5 Å². The highest BCUT2D eigenvalue weighted by atomic mass is 19.4. The Morgan fingerprint density at radius 3 is 2.47 bits per heavy atom. The van der Waals surface area contributed by atoms with Crippen LogP contribution in [-0.2, 0) is 12.7 Å². The zero-order valence-corrected chi connectivity index (χ0v) is 16.1. The van der Waals surface area contributed by atoms with E-state index in [4.69, 9.17) is 4.74 Å². The quantitative estimate of drug-likeness (QED) is 0.680. The van der Waals surface area contributed by atoms with Crippen LogP contribution in [-0.4, -0.2) is 28.1 Å². The third kappa shape index (κ3) is 3.91. The molecule has 1 aliphatic rings. The van der Waals surface area contributed by atoms with Crippen molar-refractivity contribution in [3.05, 3.63) is 83.3 Å². The van der Waals surface area contributed by atoms with Crippen LogP contribution in [0.4, 0.5) is 18.9 Å². The van der Waals surface area contributed by atoms with Gasteiger partial charge in [-0.3, -0.25) is 4.57 Å². The van der Waals surface area contributed by atoms with Crippen molar-refractivity contribution in [2.75, 3.05) is 18.6 Å². The summed E-state index contributed by atoms with van der Waals surface area (Å²) >= 11 is 0. The van der Waals surface area contributed by atoms with Gasteiger partial charge in [-0.25, -0.2) is 4.79 Å². The van der Waals surface area contributed by atoms with Gasteiger partial charge in [0.1, 0.15) is 5.75 Å². The van der Waals surface area contributed by atoms with Gasteiger partial charge in [0, 0.05) is 49.6 Å². The van der Waals surface area contributed by atoms with Crippen molar-refractivity contribution in [2.24, 2.45) is 0 Å². The van der Waals surface area contributed by atoms with Gasteiger partial charge in [0.25, 0.3) is 0 Å². The third-order valence-corrected chi connectivity index (χ3v) is 4.87. The number of alkyl halides is 3. The first-order chi connectivity index (χ1) is 14.3. The van der Waals surface area contributed by atoms with Crippen LogP contribution < -0.4 is 15.3 Å². The van der Waals surface area contributed by atoms with E-state index in [0.29, 0.717) is 24.5 Å². The zero-order valence-electron chi connectivity index (χ0n) is 16.1. The number of halogens is 3. The van der Waals surface area contributed by atoms with Gasteiger partial charge >= 0.3 is 11.9 Å². The molecule has 1 aliphatic heterocycles. The molecule has 2 aromatic carbocycles. The van der Waals surface area contributed by atoms with E-state index >= 15 is 0 Å². The van der Waals surface area contributed by atoms with Crippen molar-refractivity contribution in [1.82, 2.24) is 14.5 Å². The predicted octanol–water partition coefficient (Wildman–Crippen LogP) is 4.12. The van der Waals surface area contributed by atoms with Crippen LogP contribution in [0.15, 0.2) is 72.1 Å². The lowest BCUT2D eigenvalue weighted by Gasteiger charge is -2.25. The summed E-state index contributed by atoms with van der Waals surface area (Å²) in [7, 11) is 1.57. The van der Waals surface area contributed by atoms with Crippen LogP contribution in [0.3, 0.4) is 0 Å². The summed E-state index contributed by atoms with van der Waals surface area (Å²) in [6.07, 6.45) is 2.47. The van der Waals surface area contributed by atoms with Crippen molar-refractivity contribution >= 4 is 16.7 Å². The van der Waals surface area contributed by atoms with Crippen molar-refractivity contribution in [2.45, 2.75) is 12.7 Å². The highest BCUT2D eigenvalue weighted by Gasteiger charge is 2.30. The number of H-pyrrole nitrogens is 1. The lowest BCUT2D eigenvalue weighted by molar-refractivity contribution is -0.137. The first kappa shape index (κ1) is 19.7. The number of methoxy groups -OCH3 is 1. The number of aromatic amines is 1. The second-order valence-electron chi connectivity index (χ2n) is 6.75. The molecular weight excluding hydrogens is 397 g/mol. The van der Waals surface area contributed by atoms with E-state index in [0.717, 1.165) is 23.2 Å². The Kier molecular flexibility index (Phi) is 5.03. The first-order valence-electron chi connectivity index (χ1n) is 9.20. The summed E-state index contributed by atoms with van der Waals surface area (Å²) in [6, 6.07) is 10.5. The summed E-state index contributed by atoms with van der Waals surface area (Å²) in [4.78, 5) is 18.5. The SMILES string of the molecule is COc1ccc2[nH]c(=O)n(CCN3C=CN(c4cccc(C(F)(F)F)c4)C=C3)c2c1. The van der Waals surface area contributed by atoms with Crippen LogP contribution in [0.5, 0.6) is 5.75 Å². The van der Waals surface area contributed by atoms with Gasteiger partial charge in [-0.05, 0) is 30.3 Å². The fourth-order valence-electron chi connectivity index (χ4n) is 3.28. The van der Waals surface area contributed by atoms with Crippen LogP contribution in [0.2, 0.25) is 0 Å². The predicted molar refractivity (Wildman–Crippen MR) is 108 cm³/mol. The molecule has 3 aromatic rings. The van der Waals surface area contributed by atoms with Crippen LogP contribution in [0, 0.1) is 0 Å². The van der Waals surface area contributed by atoms with Gasteiger partial charge in [0.15, 0.2) is 0 Å². The van der Waals surface area contributed by atoms with E-state index in [1.807, 2.05) is 4.90 Å². The molecule has 6 nitrogen and oxygen atoms in total. The minimum atomic E-state index is -4.39. The average Bonchev–Trinajstić information content (AvgIpc) is 3.06. The fourth-order valence-corrected chi connectivity index (χ4v) is 3.28. The van der Waals surface area contributed by atoms with E-state index in [9.17, 15) is 18.0 Å². The van der Waals surface area contributed by atoms with Crippen LogP contribution in [0.1, 0.15) is 5.56 Å². The molecule has 0 radical (unpaired) electrons. The van der Waals surface area contributed by atoms with Gasteiger partial charge in [-0.1, -0.05) is 6.07 Å². The van der Waals surface area contributed by atoms with E-state index < -0.39 is 11.7 Å². The van der Waals surface area contributed by atoms with Crippen molar-refractivity contribution in [1.29, 1.82) is 0 Å². The molecule has 2 heterocycles. The van der Waals surface area contributed by atoms with E-state index in [-0.39, 0.29) is 5.69 Å². The molecule has 1 N–H and O–H groups in total. The Balaban J connectivity index is 1.46. The third-order valence-electron chi connectivity index (χ3n) is 4.87. The lowest BCUT2D eigenvalue weighted by Crippen LogP contribution is -2.26. The average molecular weight is 416 g/mol. The van der Waals surface area contributed by atoms with Crippen LogP contribution in [0.25, 0.3) is 11.0 Å². The number of ether oxygens (including phenoxy) is 1. The highest BCUT2D eigenvalue weighted by molar-refractivity contribution is 5.77. The maximum Gasteiger partial charge on any atom is 0.416 e. The Labute approximate surface area is 170 Å². The molecule has 9 heteroatoms. The van der Waals surface area contributed by atoms with Gasteiger partial charge in [0.2, 0.25) is 0 Å². The normalized spacial score (nSPS) is 14.0. The Hall–Kier alpha value is -3.62. The monoisotopic (exact) mass is 416 g/mol. The number of hydrogen-bond acceptors (Lipinski definition) is 4. The molecule has 0 bridgehead atoms. The molecule has 30 heavy (non-hydrogen) atoms. The molecule has 0 aliphatic carbocycles. The van der Waals surface area contributed by atoms with Crippen molar-refractivity contribution < 1.29 is 17.9 Å². The Bertz CT molecular complexity index is 1160. The minimum absolute atomic E-state index is 0.214. The highest BCUT2D eigenvalue weighted by Crippen LogP contribution is 2.32. The molecule has 0 saturated carbocycles.